The lowest BCUT2D eigenvalue weighted by molar-refractivity contribution is -0.292. The number of ether oxygens (including phenoxy) is 5. The fourth-order valence-electron chi connectivity index (χ4n) is 2.23. The maximum atomic E-state index is 11.4. The van der Waals surface area contributed by atoms with E-state index in [0.717, 1.165) is 20.8 Å². The van der Waals surface area contributed by atoms with Crippen molar-refractivity contribution in [3.8, 4) is 0 Å². The van der Waals surface area contributed by atoms with Crippen molar-refractivity contribution < 1.29 is 42.9 Å². The Morgan fingerprint density at radius 3 is 1.48 bits per heavy atom. The highest BCUT2D eigenvalue weighted by Gasteiger charge is 2.51. The summed E-state index contributed by atoms with van der Waals surface area (Å²) in [6.07, 6.45) is -5.51. The van der Waals surface area contributed by atoms with Gasteiger partial charge in [-0.05, 0) is 6.92 Å². The van der Waals surface area contributed by atoms with Crippen LogP contribution >= 0.6 is 0 Å². The molecular weight excluding hydrogens is 312 g/mol. The van der Waals surface area contributed by atoms with Gasteiger partial charge in [0, 0.05) is 27.7 Å². The largest absolute Gasteiger partial charge is 0.456 e. The zero-order chi connectivity index (χ0) is 17.7. The summed E-state index contributed by atoms with van der Waals surface area (Å²) in [5.41, 5.74) is 0. The van der Waals surface area contributed by atoms with Gasteiger partial charge in [-0.1, -0.05) is 0 Å². The molecule has 0 spiro atoms. The lowest BCUT2D eigenvalue weighted by Crippen LogP contribution is -2.61. The van der Waals surface area contributed by atoms with Crippen molar-refractivity contribution in [1.82, 2.24) is 0 Å². The maximum Gasteiger partial charge on any atom is 0.305 e. The number of esters is 4. The van der Waals surface area contributed by atoms with E-state index in [1.165, 1.54) is 6.92 Å². The molecule has 0 aromatic heterocycles. The molecule has 1 heterocycles. The van der Waals surface area contributed by atoms with Crippen LogP contribution in [0.25, 0.3) is 0 Å². The van der Waals surface area contributed by atoms with Gasteiger partial charge in [0.25, 0.3) is 0 Å². The molecule has 0 radical (unpaired) electrons. The molecule has 1 fully saturated rings. The fraction of sp³-hybridized carbons (Fsp3) is 0.714. The summed E-state index contributed by atoms with van der Waals surface area (Å²) < 4.78 is 25.7. The third kappa shape index (κ3) is 5.51. The number of hydrogen-bond donors (Lipinski definition) is 0. The lowest BCUT2D eigenvalue weighted by Gasteiger charge is -2.42. The van der Waals surface area contributed by atoms with Crippen molar-refractivity contribution in [1.29, 1.82) is 0 Å². The van der Waals surface area contributed by atoms with Gasteiger partial charge in [0.15, 0.2) is 12.2 Å². The third-order valence-corrected chi connectivity index (χ3v) is 2.92. The Kier molecular flexibility index (Phi) is 6.49. The highest BCUT2D eigenvalue weighted by atomic mass is 16.7. The summed E-state index contributed by atoms with van der Waals surface area (Å²) in [6.45, 7) is 6.16. The Morgan fingerprint density at radius 2 is 1.04 bits per heavy atom. The molecule has 0 N–H and O–H groups in total. The summed E-state index contributed by atoms with van der Waals surface area (Å²) in [5.74, 6) is -2.69. The first-order valence-corrected chi connectivity index (χ1v) is 6.96. The standard InChI is InChI=1S/C14H20O9/c1-6-11(20-7(2)15)12(21-8(3)16)13(22-9(4)17)14(19-6)23-10(5)18/h6,11-14H,1-5H3/t6-,11+,12?,13-,14+/m1/s1. The molecular formula is C14H20O9. The second-order valence-corrected chi connectivity index (χ2v) is 5.04. The van der Waals surface area contributed by atoms with Gasteiger partial charge in [-0.15, -0.1) is 0 Å². The summed E-state index contributed by atoms with van der Waals surface area (Å²) in [4.78, 5) is 45.1. The minimum absolute atomic E-state index is 0.630. The molecule has 9 heteroatoms. The quantitative estimate of drug-likeness (QED) is 0.521. The molecule has 23 heavy (non-hydrogen) atoms. The smallest absolute Gasteiger partial charge is 0.305 e. The van der Waals surface area contributed by atoms with E-state index in [4.69, 9.17) is 23.7 Å². The molecule has 1 rings (SSSR count). The Morgan fingerprint density at radius 1 is 0.652 bits per heavy atom. The Hall–Kier alpha value is -2.16. The number of rotatable bonds is 4. The molecule has 0 bridgehead atoms. The van der Waals surface area contributed by atoms with Crippen molar-refractivity contribution in [2.45, 2.75) is 65.3 Å². The molecule has 130 valence electrons. The Balaban J connectivity index is 3.15. The Bertz CT molecular complexity index is 487. The van der Waals surface area contributed by atoms with E-state index in [2.05, 4.69) is 0 Å². The van der Waals surface area contributed by atoms with E-state index in [-0.39, 0.29) is 0 Å². The number of carbonyl (C=O) groups excluding carboxylic acids is 4. The van der Waals surface area contributed by atoms with E-state index in [1.54, 1.807) is 6.92 Å². The van der Waals surface area contributed by atoms with Crippen molar-refractivity contribution in [3.05, 3.63) is 0 Å². The summed E-state index contributed by atoms with van der Waals surface area (Å²) >= 11 is 0. The van der Waals surface area contributed by atoms with Gasteiger partial charge in [-0.2, -0.15) is 0 Å². The minimum atomic E-state index is -1.29. The molecule has 0 amide bonds. The molecule has 0 aliphatic carbocycles. The third-order valence-electron chi connectivity index (χ3n) is 2.92. The molecule has 1 aliphatic rings. The van der Waals surface area contributed by atoms with Crippen LogP contribution in [0.5, 0.6) is 0 Å². The van der Waals surface area contributed by atoms with Crippen LogP contribution in [-0.4, -0.2) is 54.6 Å². The van der Waals surface area contributed by atoms with Gasteiger partial charge in [-0.3, -0.25) is 19.2 Å². The molecule has 0 aromatic carbocycles. The van der Waals surface area contributed by atoms with Crippen LogP contribution in [-0.2, 0) is 42.9 Å². The predicted octanol–water partition coefficient (Wildman–Crippen LogP) is 0.0894. The van der Waals surface area contributed by atoms with Crippen LogP contribution in [0.4, 0.5) is 0 Å². The van der Waals surface area contributed by atoms with Crippen LogP contribution in [0.2, 0.25) is 0 Å². The summed E-state index contributed by atoms with van der Waals surface area (Å²) in [6, 6.07) is 0. The van der Waals surface area contributed by atoms with Crippen molar-refractivity contribution in [2.75, 3.05) is 0 Å². The molecule has 1 aliphatic heterocycles. The van der Waals surface area contributed by atoms with Gasteiger partial charge >= 0.3 is 23.9 Å². The van der Waals surface area contributed by atoms with Crippen LogP contribution in [0.15, 0.2) is 0 Å². The van der Waals surface area contributed by atoms with Gasteiger partial charge in [0.05, 0.1) is 6.10 Å². The van der Waals surface area contributed by atoms with E-state index in [0.29, 0.717) is 0 Å². The average molecular weight is 332 g/mol. The Labute approximate surface area is 133 Å². The van der Waals surface area contributed by atoms with Crippen LogP contribution in [0.3, 0.4) is 0 Å². The van der Waals surface area contributed by atoms with E-state index in [9.17, 15) is 19.2 Å². The molecule has 9 nitrogen and oxygen atoms in total. The highest BCUT2D eigenvalue weighted by molar-refractivity contribution is 5.69. The maximum absolute atomic E-state index is 11.4. The van der Waals surface area contributed by atoms with E-state index < -0.39 is 54.6 Å². The first-order chi connectivity index (χ1) is 10.6. The fourth-order valence-corrected chi connectivity index (χ4v) is 2.23. The van der Waals surface area contributed by atoms with Crippen molar-refractivity contribution in [3.63, 3.8) is 0 Å². The molecule has 0 saturated carbocycles. The normalized spacial score (nSPS) is 30.0. The summed E-state index contributed by atoms with van der Waals surface area (Å²) in [5, 5.41) is 0. The monoisotopic (exact) mass is 332 g/mol. The number of hydrogen-bond acceptors (Lipinski definition) is 9. The topological polar surface area (TPSA) is 114 Å². The zero-order valence-electron chi connectivity index (χ0n) is 13.6. The van der Waals surface area contributed by atoms with Crippen LogP contribution < -0.4 is 0 Å². The van der Waals surface area contributed by atoms with Crippen molar-refractivity contribution >= 4 is 23.9 Å². The van der Waals surface area contributed by atoms with Crippen LogP contribution in [0, 0.1) is 0 Å². The van der Waals surface area contributed by atoms with E-state index in [1.807, 2.05) is 0 Å². The van der Waals surface area contributed by atoms with Gasteiger partial charge < -0.3 is 23.7 Å². The van der Waals surface area contributed by atoms with Gasteiger partial charge in [0.2, 0.25) is 12.4 Å². The molecule has 1 unspecified atom stereocenters. The SMILES string of the molecule is CC(=O)OC1[C@@H](OC(C)=O)[C@H](OC(C)=O)O[C@H](C)[C@@H]1OC(C)=O. The van der Waals surface area contributed by atoms with E-state index >= 15 is 0 Å². The molecule has 1 saturated heterocycles. The van der Waals surface area contributed by atoms with Gasteiger partial charge in [-0.25, -0.2) is 0 Å². The van der Waals surface area contributed by atoms with Crippen molar-refractivity contribution in [2.24, 2.45) is 0 Å². The molecule has 0 aromatic rings. The zero-order valence-corrected chi connectivity index (χ0v) is 13.6. The lowest BCUT2D eigenvalue weighted by atomic mass is 9.99. The minimum Gasteiger partial charge on any atom is -0.456 e. The highest BCUT2D eigenvalue weighted by Crippen LogP contribution is 2.29. The summed E-state index contributed by atoms with van der Waals surface area (Å²) in [7, 11) is 0. The molecule has 5 atom stereocenters. The second kappa shape index (κ2) is 7.91. The van der Waals surface area contributed by atoms with Gasteiger partial charge in [0.1, 0.15) is 0 Å². The predicted molar refractivity (Wildman–Crippen MR) is 72.8 cm³/mol. The first kappa shape index (κ1) is 18.9. The van der Waals surface area contributed by atoms with Crippen LogP contribution in [0.1, 0.15) is 34.6 Å². The average Bonchev–Trinajstić information content (AvgIpc) is 2.36. The first-order valence-electron chi connectivity index (χ1n) is 6.96. The second-order valence-electron chi connectivity index (χ2n) is 5.04. The number of carbonyl (C=O) groups is 4.